The van der Waals surface area contributed by atoms with Gasteiger partial charge in [-0.25, -0.2) is 4.98 Å². The number of hydrogen-bond donors (Lipinski definition) is 2. The molecule has 20 heavy (non-hydrogen) atoms. The zero-order valence-corrected chi connectivity index (χ0v) is 11.8. The van der Waals surface area contributed by atoms with Gasteiger partial charge in [0.15, 0.2) is 0 Å². The van der Waals surface area contributed by atoms with Crippen molar-refractivity contribution in [2.45, 2.75) is 13.1 Å². The second-order valence-electron chi connectivity index (χ2n) is 4.68. The predicted octanol–water partition coefficient (Wildman–Crippen LogP) is 2.12. The molecule has 2 rings (SSSR count). The van der Waals surface area contributed by atoms with Gasteiger partial charge in [0.1, 0.15) is 5.82 Å². The zero-order valence-electron chi connectivity index (χ0n) is 11.8. The van der Waals surface area contributed by atoms with Gasteiger partial charge in [0.25, 0.3) is 0 Å². The summed E-state index contributed by atoms with van der Waals surface area (Å²) in [4.78, 5) is 6.71. The second-order valence-corrected chi connectivity index (χ2v) is 4.68. The van der Waals surface area contributed by atoms with Gasteiger partial charge >= 0.3 is 0 Å². The fraction of sp³-hybridized carbons (Fsp3) is 0.312. The van der Waals surface area contributed by atoms with Crippen molar-refractivity contribution in [3.8, 4) is 0 Å². The van der Waals surface area contributed by atoms with Crippen molar-refractivity contribution in [1.29, 1.82) is 0 Å². The van der Waals surface area contributed by atoms with Crippen molar-refractivity contribution in [2.75, 3.05) is 25.5 Å². The molecule has 1 aromatic carbocycles. The van der Waals surface area contributed by atoms with Crippen LogP contribution in [-0.2, 0) is 13.1 Å². The number of nitrogens with one attached hydrogen (secondary N) is 1. The minimum absolute atomic E-state index is 0.151. The van der Waals surface area contributed by atoms with Crippen LogP contribution in [0.3, 0.4) is 0 Å². The van der Waals surface area contributed by atoms with Crippen molar-refractivity contribution in [2.24, 2.45) is 0 Å². The normalized spacial score (nSPS) is 10.8. The van der Waals surface area contributed by atoms with E-state index in [-0.39, 0.29) is 6.61 Å². The molecular weight excluding hydrogens is 250 g/mol. The van der Waals surface area contributed by atoms with Crippen LogP contribution in [0.15, 0.2) is 48.5 Å². The standard InChI is InChI=1S/C16H21N3O/c1-17-16-9-5-8-15(18-16)13-19(10-11-20)12-14-6-3-2-4-7-14/h2-9,20H,10-13H2,1H3,(H,17,18). The van der Waals surface area contributed by atoms with Gasteiger partial charge < -0.3 is 10.4 Å². The quantitative estimate of drug-likeness (QED) is 0.810. The fourth-order valence-corrected chi connectivity index (χ4v) is 2.13. The van der Waals surface area contributed by atoms with E-state index in [1.54, 1.807) is 0 Å². The molecule has 2 aromatic rings. The minimum atomic E-state index is 0.151. The van der Waals surface area contributed by atoms with Gasteiger partial charge in [-0.05, 0) is 17.7 Å². The van der Waals surface area contributed by atoms with Crippen LogP contribution in [0.25, 0.3) is 0 Å². The van der Waals surface area contributed by atoms with E-state index in [2.05, 4.69) is 27.3 Å². The molecule has 0 spiro atoms. The van der Waals surface area contributed by atoms with Gasteiger partial charge in [0.05, 0.1) is 12.3 Å². The summed E-state index contributed by atoms with van der Waals surface area (Å²) in [5, 5.41) is 12.3. The lowest BCUT2D eigenvalue weighted by Crippen LogP contribution is -2.26. The molecule has 0 bridgehead atoms. The van der Waals surface area contributed by atoms with Gasteiger partial charge in [-0.2, -0.15) is 0 Å². The lowest BCUT2D eigenvalue weighted by Gasteiger charge is -2.21. The lowest BCUT2D eigenvalue weighted by atomic mass is 10.2. The Balaban J connectivity index is 2.04. The summed E-state index contributed by atoms with van der Waals surface area (Å²) < 4.78 is 0. The van der Waals surface area contributed by atoms with Crippen LogP contribution in [0.5, 0.6) is 0 Å². The summed E-state index contributed by atoms with van der Waals surface area (Å²) in [7, 11) is 1.86. The van der Waals surface area contributed by atoms with E-state index in [0.717, 1.165) is 24.6 Å². The first-order chi connectivity index (χ1) is 9.81. The second kappa shape index (κ2) is 7.62. The maximum Gasteiger partial charge on any atom is 0.126 e. The van der Waals surface area contributed by atoms with E-state index in [1.165, 1.54) is 5.56 Å². The summed E-state index contributed by atoms with van der Waals surface area (Å²) in [5.74, 6) is 0.867. The van der Waals surface area contributed by atoms with Crippen LogP contribution in [0.4, 0.5) is 5.82 Å². The molecule has 2 N–H and O–H groups in total. The molecule has 0 saturated carbocycles. The van der Waals surface area contributed by atoms with Crippen LogP contribution >= 0.6 is 0 Å². The van der Waals surface area contributed by atoms with Crippen LogP contribution in [0.2, 0.25) is 0 Å². The van der Waals surface area contributed by atoms with Gasteiger partial charge in [0, 0.05) is 26.7 Å². The average molecular weight is 271 g/mol. The molecule has 0 fully saturated rings. The molecule has 4 nitrogen and oxygen atoms in total. The third-order valence-electron chi connectivity index (χ3n) is 3.11. The third kappa shape index (κ3) is 4.33. The van der Waals surface area contributed by atoms with E-state index in [9.17, 15) is 5.11 Å². The van der Waals surface area contributed by atoms with E-state index < -0.39 is 0 Å². The summed E-state index contributed by atoms with van der Waals surface area (Å²) in [6.45, 7) is 2.33. The smallest absolute Gasteiger partial charge is 0.126 e. The number of rotatable bonds is 7. The molecule has 0 radical (unpaired) electrons. The maximum absolute atomic E-state index is 9.22. The number of pyridine rings is 1. The maximum atomic E-state index is 9.22. The topological polar surface area (TPSA) is 48.4 Å². The Labute approximate surface area is 120 Å². The van der Waals surface area contributed by atoms with Crippen molar-refractivity contribution < 1.29 is 5.11 Å². The highest BCUT2D eigenvalue weighted by molar-refractivity contribution is 5.34. The molecule has 1 aromatic heterocycles. The van der Waals surface area contributed by atoms with Gasteiger partial charge in [-0.15, -0.1) is 0 Å². The zero-order chi connectivity index (χ0) is 14.2. The lowest BCUT2D eigenvalue weighted by molar-refractivity contribution is 0.183. The Kier molecular flexibility index (Phi) is 5.53. The van der Waals surface area contributed by atoms with Crippen molar-refractivity contribution in [3.63, 3.8) is 0 Å². The number of aliphatic hydroxyl groups is 1. The molecule has 0 aliphatic heterocycles. The van der Waals surface area contributed by atoms with Crippen LogP contribution in [-0.4, -0.2) is 35.2 Å². The predicted molar refractivity (Wildman–Crippen MR) is 81.4 cm³/mol. The van der Waals surface area contributed by atoms with Gasteiger partial charge in [0.2, 0.25) is 0 Å². The Bertz CT molecular complexity index is 516. The Hall–Kier alpha value is -1.91. The highest BCUT2D eigenvalue weighted by atomic mass is 16.3. The van der Waals surface area contributed by atoms with E-state index in [0.29, 0.717) is 6.54 Å². The largest absolute Gasteiger partial charge is 0.395 e. The number of aliphatic hydroxyl groups excluding tert-OH is 1. The Morgan fingerprint density at radius 1 is 1.05 bits per heavy atom. The van der Waals surface area contributed by atoms with Crippen molar-refractivity contribution in [3.05, 3.63) is 59.8 Å². The molecule has 1 heterocycles. The number of benzene rings is 1. The monoisotopic (exact) mass is 271 g/mol. The summed E-state index contributed by atoms with van der Waals surface area (Å²) >= 11 is 0. The molecule has 0 aliphatic rings. The highest BCUT2D eigenvalue weighted by Gasteiger charge is 2.07. The SMILES string of the molecule is CNc1cccc(CN(CCO)Cc2ccccc2)n1. The first-order valence-corrected chi connectivity index (χ1v) is 6.82. The van der Waals surface area contributed by atoms with E-state index in [1.807, 2.05) is 43.4 Å². The third-order valence-corrected chi connectivity index (χ3v) is 3.11. The Morgan fingerprint density at radius 2 is 1.85 bits per heavy atom. The fourth-order valence-electron chi connectivity index (χ4n) is 2.13. The van der Waals surface area contributed by atoms with Crippen LogP contribution in [0.1, 0.15) is 11.3 Å². The molecule has 0 aliphatic carbocycles. The molecule has 0 saturated heterocycles. The summed E-state index contributed by atoms with van der Waals surface area (Å²) in [6.07, 6.45) is 0. The average Bonchev–Trinajstić information content (AvgIpc) is 2.49. The molecular formula is C16H21N3O. The summed E-state index contributed by atoms with van der Waals surface area (Å²) in [6, 6.07) is 16.2. The van der Waals surface area contributed by atoms with Crippen LogP contribution in [0, 0.1) is 0 Å². The molecule has 106 valence electrons. The summed E-state index contributed by atoms with van der Waals surface area (Å²) in [5.41, 5.74) is 2.24. The number of aromatic nitrogens is 1. The highest BCUT2D eigenvalue weighted by Crippen LogP contribution is 2.10. The minimum Gasteiger partial charge on any atom is -0.395 e. The van der Waals surface area contributed by atoms with Gasteiger partial charge in [-0.3, -0.25) is 4.90 Å². The van der Waals surface area contributed by atoms with Gasteiger partial charge in [-0.1, -0.05) is 36.4 Å². The Morgan fingerprint density at radius 3 is 2.55 bits per heavy atom. The number of hydrogen-bond acceptors (Lipinski definition) is 4. The first kappa shape index (κ1) is 14.5. The molecule has 0 unspecified atom stereocenters. The van der Waals surface area contributed by atoms with E-state index >= 15 is 0 Å². The first-order valence-electron chi connectivity index (χ1n) is 6.82. The van der Waals surface area contributed by atoms with Crippen molar-refractivity contribution in [1.82, 2.24) is 9.88 Å². The molecule has 0 amide bonds. The van der Waals surface area contributed by atoms with Crippen LogP contribution < -0.4 is 5.32 Å². The number of nitrogens with zero attached hydrogens (tertiary/aromatic N) is 2. The number of anilines is 1. The molecule has 0 atom stereocenters. The van der Waals surface area contributed by atoms with Crippen molar-refractivity contribution >= 4 is 5.82 Å². The van der Waals surface area contributed by atoms with E-state index in [4.69, 9.17) is 0 Å². The molecule has 4 heteroatoms.